The molecule has 1 rings (SSSR count). The topological polar surface area (TPSA) is 58.2 Å². The molecule has 0 spiro atoms. The van der Waals surface area contributed by atoms with E-state index in [1.807, 2.05) is 0 Å². The molecule has 44 valence electrons. The van der Waals surface area contributed by atoms with Gasteiger partial charge in [0.15, 0.2) is 0 Å². The molecule has 0 aromatic rings. The van der Waals surface area contributed by atoms with Gasteiger partial charge < -0.3 is 0 Å². The van der Waals surface area contributed by atoms with Crippen LogP contribution in [0.2, 0.25) is 0 Å². The standard InChI is InChI=1S/C3H3FN2O2/c4-1-2(7)5-6-3(1)8/h1H,(H,5,7)(H,6,8). The van der Waals surface area contributed by atoms with Crippen molar-refractivity contribution < 1.29 is 14.0 Å². The number of carbonyl (C=O) groups excluding carboxylic acids is 2. The highest BCUT2D eigenvalue weighted by Crippen LogP contribution is 1.93. The number of amides is 2. The van der Waals surface area contributed by atoms with Crippen LogP contribution in [0.3, 0.4) is 0 Å². The molecule has 1 fully saturated rings. The Bertz CT molecular complexity index is 130. The number of carbonyl (C=O) groups is 2. The summed E-state index contributed by atoms with van der Waals surface area (Å²) < 4.78 is 11.9. The van der Waals surface area contributed by atoms with Gasteiger partial charge in [0.05, 0.1) is 0 Å². The van der Waals surface area contributed by atoms with Gasteiger partial charge in [-0.3, -0.25) is 20.4 Å². The monoisotopic (exact) mass is 118 g/mol. The zero-order valence-corrected chi connectivity index (χ0v) is 3.77. The van der Waals surface area contributed by atoms with Gasteiger partial charge in [-0.1, -0.05) is 0 Å². The van der Waals surface area contributed by atoms with E-state index in [4.69, 9.17) is 0 Å². The van der Waals surface area contributed by atoms with Crippen molar-refractivity contribution in [2.75, 3.05) is 0 Å². The van der Waals surface area contributed by atoms with Crippen LogP contribution in [0.1, 0.15) is 0 Å². The fourth-order valence-electron chi connectivity index (χ4n) is 0.369. The summed E-state index contributed by atoms with van der Waals surface area (Å²) in [7, 11) is 0. The fraction of sp³-hybridized carbons (Fsp3) is 0.333. The molecule has 1 heterocycles. The molecule has 1 aliphatic heterocycles. The summed E-state index contributed by atoms with van der Waals surface area (Å²) in [5.41, 5.74) is 3.61. The Balaban J connectivity index is 2.70. The zero-order chi connectivity index (χ0) is 6.15. The Morgan fingerprint density at radius 1 is 1.25 bits per heavy atom. The Morgan fingerprint density at radius 3 is 1.75 bits per heavy atom. The van der Waals surface area contributed by atoms with E-state index in [0.717, 1.165) is 0 Å². The number of alkyl halides is 1. The predicted octanol–water partition coefficient (Wildman–Crippen LogP) is -1.51. The molecule has 0 aliphatic carbocycles. The molecule has 2 N–H and O–H groups in total. The summed E-state index contributed by atoms with van der Waals surface area (Å²) in [6, 6.07) is 0. The number of hydrogen-bond donors (Lipinski definition) is 2. The van der Waals surface area contributed by atoms with E-state index in [1.54, 1.807) is 10.9 Å². The van der Waals surface area contributed by atoms with Crippen molar-refractivity contribution in [2.45, 2.75) is 6.17 Å². The van der Waals surface area contributed by atoms with Gasteiger partial charge >= 0.3 is 0 Å². The first kappa shape index (κ1) is 5.02. The quantitative estimate of drug-likeness (QED) is 0.380. The molecular formula is C3H3FN2O2. The summed E-state index contributed by atoms with van der Waals surface area (Å²) in [5.74, 6) is -1.84. The predicted molar refractivity (Wildman–Crippen MR) is 21.2 cm³/mol. The molecule has 0 aromatic carbocycles. The average molecular weight is 118 g/mol. The van der Waals surface area contributed by atoms with Crippen LogP contribution in [0, 0.1) is 0 Å². The normalized spacial score (nSPS) is 20.6. The second-order valence-electron chi connectivity index (χ2n) is 1.34. The van der Waals surface area contributed by atoms with E-state index < -0.39 is 18.0 Å². The molecule has 4 nitrogen and oxygen atoms in total. The van der Waals surface area contributed by atoms with Crippen LogP contribution in [0.15, 0.2) is 0 Å². The summed E-state index contributed by atoms with van der Waals surface area (Å²) >= 11 is 0. The second-order valence-corrected chi connectivity index (χ2v) is 1.34. The molecule has 5 heteroatoms. The lowest BCUT2D eigenvalue weighted by molar-refractivity contribution is -0.129. The summed E-state index contributed by atoms with van der Waals surface area (Å²) in [4.78, 5) is 20.0. The maximum atomic E-state index is 11.9. The molecule has 1 aliphatic rings. The van der Waals surface area contributed by atoms with Gasteiger partial charge in [-0.2, -0.15) is 0 Å². The van der Waals surface area contributed by atoms with Crippen LogP contribution < -0.4 is 10.9 Å². The third kappa shape index (κ3) is 0.518. The molecular weight excluding hydrogens is 115 g/mol. The number of nitrogens with one attached hydrogen (secondary N) is 2. The molecule has 0 radical (unpaired) electrons. The lowest BCUT2D eigenvalue weighted by atomic mass is 10.4. The molecule has 0 bridgehead atoms. The van der Waals surface area contributed by atoms with Gasteiger partial charge in [0.1, 0.15) is 0 Å². The summed E-state index contributed by atoms with van der Waals surface area (Å²) in [6.45, 7) is 0. The van der Waals surface area contributed by atoms with Crippen LogP contribution in [0.25, 0.3) is 0 Å². The number of halogens is 1. The SMILES string of the molecule is O=C1NNC(=O)C1F. The molecule has 1 saturated heterocycles. The van der Waals surface area contributed by atoms with Gasteiger partial charge in [-0.05, 0) is 0 Å². The second kappa shape index (κ2) is 1.43. The molecule has 0 atom stereocenters. The number of hydrogen-bond acceptors (Lipinski definition) is 2. The first-order valence-electron chi connectivity index (χ1n) is 1.95. The van der Waals surface area contributed by atoms with E-state index in [2.05, 4.69) is 0 Å². The van der Waals surface area contributed by atoms with Crippen molar-refractivity contribution in [3.63, 3.8) is 0 Å². The smallest absolute Gasteiger partial charge is 0.269 e. The minimum atomic E-state index is -2.02. The summed E-state index contributed by atoms with van der Waals surface area (Å²) in [6.07, 6.45) is -2.02. The molecule has 0 saturated carbocycles. The average Bonchev–Trinajstić information content (AvgIpc) is 1.98. The minimum Gasteiger partial charge on any atom is -0.269 e. The Hall–Kier alpha value is -1.13. The van der Waals surface area contributed by atoms with Crippen molar-refractivity contribution in [3.8, 4) is 0 Å². The van der Waals surface area contributed by atoms with E-state index in [-0.39, 0.29) is 0 Å². The van der Waals surface area contributed by atoms with E-state index >= 15 is 0 Å². The zero-order valence-electron chi connectivity index (χ0n) is 3.77. The maximum Gasteiger partial charge on any atom is 0.282 e. The van der Waals surface area contributed by atoms with E-state index in [0.29, 0.717) is 0 Å². The van der Waals surface area contributed by atoms with E-state index in [9.17, 15) is 14.0 Å². The Labute approximate surface area is 44.0 Å². The number of rotatable bonds is 0. The summed E-state index contributed by atoms with van der Waals surface area (Å²) in [5, 5.41) is 0. The largest absolute Gasteiger partial charge is 0.282 e. The maximum absolute atomic E-state index is 11.9. The van der Waals surface area contributed by atoms with Crippen LogP contribution in [-0.2, 0) is 9.59 Å². The molecule has 2 amide bonds. The van der Waals surface area contributed by atoms with Crippen LogP contribution in [0.5, 0.6) is 0 Å². The third-order valence-electron chi connectivity index (χ3n) is 0.769. The van der Waals surface area contributed by atoms with Crippen molar-refractivity contribution >= 4 is 11.8 Å². The first-order valence-corrected chi connectivity index (χ1v) is 1.95. The number of hydrazine groups is 1. The van der Waals surface area contributed by atoms with Crippen molar-refractivity contribution in [1.29, 1.82) is 0 Å². The Morgan fingerprint density at radius 2 is 1.62 bits per heavy atom. The molecule has 0 unspecified atom stereocenters. The lowest BCUT2D eigenvalue weighted by Gasteiger charge is -1.82. The van der Waals surface area contributed by atoms with Gasteiger partial charge in [0.25, 0.3) is 18.0 Å². The highest BCUT2D eigenvalue weighted by atomic mass is 19.1. The van der Waals surface area contributed by atoms with Gasteiger partial charge in [-0.25, -0.2) is 4.39 Å². The fourth-order valence-corrected chi connectivity index (χ4v) is 0.369. The first-order chi connectivity index (χ1) is 3.72. The molecule has 0 aromatic heterocycles. The lowest BCUT2D eigenvalue weighted by Crippen LogP contribution is -2.28. The van der Waals surface area contributed by atoms with Crippen LogP contribution in [0.4, 0.5) is 4.39 Å². The van der Waals surface area contributed by atoms with E-state index in [1.165, 1.54) is 0 Å². The highest BCUT2D eigenvalue weighted by molar-refractivity contribution is 6.07. The van der Waals surface area contributed by atoms with Gasteiger partial charge in [0.2, 0.25) is 0 Å². The van der Waals surface area contributed by atoms with Gasteiger partial charge in [-0.15, -0.1) is 0 Å². The third-order valence-corrected chi connectivity index (χ3v) is 0.769. The van der Waals surface area contributed by atoms with Crippen LogP contribution >= 0.6 is 0 Å². The van der Waals surface area contributed by atoms with Crippen LogP contribution in [-0.4, -0.2) is 18.0 Å². The van der Waals surface area contributed by atoms with Crippen molar-refractivity contribution in [2.24, 2.45) is 0 Å². The highest BCUT2D eigenvalue weighted by Gasteiger charge is 2.32. The Kier molecular flexibility index (Phi) is 0.896. The van der Waals surface area contributed by atoms with Crippen molar-refractivity contribution in [1.82, 2.24) is 10.9 Å². The van der Waals surface area contributed by atoms with Gasteiger partial charge in [0, 0.05) is 0 Å². The minimum absolute atomic E-state index is 0.921. The molecule has 8 heavy (non-hydrogen) atoms. The van der Waals surface area contributed by atoms with Crippen molar-refractivity contribution in [3.05, 3.63) is 0 Å².